The lowest BCUT2D eigenvalue weighted by Crippen LogP contribution is -2.31. The molecule has 0 aliphatic heterocycles. The fourth-order valence-electron chi connectivity index (χ4n) is 1.26. The summed E-state index contributed by atoms with van der Waals surface area (Å²) in [5.41, 5.74) is 0.508. The summed E-state index contributed by atoms with van der Waals surface area (Å²) in [5, 5.41) is 8.99. The van der Waals surface area contributed by atoms with Gasteiger partial charge >= 0.3 is 6.09 Å². The van der Waals surface area contributed by atoms with Crippen LogP contribution in [0.4, 0.5) is 10.5 Å². The molecule has 1 aromatic rings. The van der Waals surface area contributed by atoms with Gasteiger partial charge < -0.3 is 9.84 Å². The van der Waals surface area contributed by atoms with Crippen LogP contribution in [0.5, 0.6) is 5.75 Å². The Balaban J connectivity index is 3.04. The second-order valence-electron chi connectivity index (χ2n) is 2.80. The molecule has 5 heteroatoms. The van der Waals surface area contributed by atoms with E-state index in [1.807, 2.05) is 0 Å². The van der Waals surface area contributed by atoms with Crippen molar-refractivity contribution in [1.82, 2.24) is 0 Å². The van der Waals surface area contributed by atoms with E-state index in [2.05, 4.69) is 0 Å². The maximum Gasteiger partial charge on any atom is 0.411 e. The smallest absolute Gasteiger partial charge is 0.411 e. The highest BCUT2D eigenvalue weighted by molar-refractivity contribution is 6.18. The third-order valence-electron chi connectivity index (χ3n) is 1.91. The van der Waals surface area contributed by atoms with Gasteiger partial charge in [0.15, 0.2) is 0 Å². The van der Waals surface area contributed by atoms with Gasteiger partial charge in [0.25, 0.3) is 0 Å². The monoisotopic (exact) mass is 229 g/mol. The molecule has 4 nitrogen and oxygen atoms in total. The molecule has 0 unspecified atom stereocenters. The third kappa shape index (κ3) is 2.76. The van der Waals surface area contributed by atoms with Gasteiger partial charge in [0.2, 0.25) is 0 Å². The first-order chi connectivity index (χ1) is 7.20. The highest BCUT2D eigenvalue weighted by atomic mass is 35.5. The first-order valence-corrected chi connectivity index (χ1v) is 4.93. The van der Waals surface area contributed by atoms with E-state index in [1.165, 1.54) is 7.11 Å². The number of ether oxygens (including phenoxy) is 1. The van der Waals surface area contributed by atoms with E-state index in [9.17, 15) is 4.79 Å². The van der Waals surface area contributed by atoms with Crippen molar-refractivity contribution in [2.45, 2.75) is 0 Å². The summed E-state index contributed by atoms with van der Waals surface area (Å²) >= 11 is 5.54. The van der Waals surface area contributed by atoms with E-state index in [1.54, 1.807) is 24.3 Å². The van der Waals surface area contributed by atoms with Gasteiger partial charge in [-0.05, 0) is 12.1 Å². The molecule has 0 bridgehead atoms. The number of nitrogens with zero attached hydrogens (tertiary/aromatic N) is 1. The van der Waals surface area contributed by atoms with Crippen LogP contribution in [0.15, 0.2) is 24.3 Å². The largest absolute Gasteiger partial charge is 0.495 e. The van der Waals surface area contributed by atoms with E-state index in [0.717, 1.165) is 4.90 Å². The van der Waals surface area contributed by atoms with Gasteiger partial charge in [0, 0.05) is 12.4 Å². The van der Waals surface area contributed by atoms with Crippen LogP contribution in [-0.4, -0.2) is 30.7 Å². The quantitative estimate of drug-likeness (QED) is 0.807. The Morgan fingerprint density at radius 2 is 2.20 bits per heavy atom. The van der Waals surface area contributed by atoms with E-state index >= 15 is 0 Å². The minimum atomic E-state index is -1.04. The number of benzene rings is 1. The molecule has 1 amide bonds. The summed E-state index contributed by atoms with van der Waals surface area (Å²) in [6, 6.07) is 6.92. The molecule has 0 aliphatic rings. The molecule has 15 heavy (non-hydrogen) atoms. The molecule has 0 saturated heterocycles. The number of carbonyl (C=O) groups is 1. The molecule has 0 atom stereocenters. The Morgan fingerprint density at radius 3 is 2.73 bits per heavy atom. The van der Waals surface area contributed by atoms with Crippen molar-refractivity contribution < 1.29 is 14.6 Å². The Morgan fingerprint density at radius 1 is 1.53 bits per heavy atom. The molecule has 82 valence electrons. The zero-order valence-electron chi connectivity index (χ0n) is 8.31. The zero-order valence-corrected chi connectivity index (χ0v) is 9.07. The Bertz CT molecular complexity index is 343. The molecular weight excluding hydrogens is 218 g/mol. The number of rotatable bonds is 4. The predicted octanol–water partition coefficient (Wildman–Crippen LogP) is 2.42. The molecule has 0 fully saturated rings. The number of amides is 1. The second-order valence-corrected chi connectivity index (χ2v) is 3.17. The molecule has 0 heterocycles. The van der Waals surface area contributed by atoms with Gasteiger partial charge in [-0.1, -0.05) is 12.1 Å². The minimum absolute atomic E-state index is 0.233. The van der Waals surface area contributed by atoms with Gasteiger partial charge in [-0.3, -0.25) is 4.90 Å². The molecule has 1 rings (SSSR count). The number of carboxylic acid groups (broad SMARTS) is 1. The normalized spacial score (nSPS) is 9.73. The van der Waals surface area contributed by atoms with Crippen molar-refractivity contribution in [1.29, 1.82) is 0 Å². The maximum absolute atomic E-state index is 11.0. The highest BCUT2D eigenvalue weighted by Gasteiger charge is 2.16. The molecule has 0 aliphatic carbocycles. The summed E-state index contributed by atoms with van der Waals surface area (Å²) < 4.78 is 5.07. The summed E-state index contributed by atoms with van der Waals surface area (Å²) in [6.07, 6.45) is -1.04. The van der Waals surface area contributed by atoms with Gasteiger partial charge in [0.05, 0.1) is 12.8 Å². The van der Waals surface area contributed by atoms with Crippen LogP contribution in [0.3, 0.4) is 0 Å². The zero-order chi connectivity index (χ0) is 11.3. The SMILES string of the molecule is COc1ccccc1N(CCCl)C(=O)O. The van der Waals surface area contributed by atoms with E-state index in [4.69, 9.17) is 21.4 Å². The summed E-state index contributed by atoms with van der Waals surface area (Å²) in [4.78, 5) is 12.1. The summed E-state index contributed by atoms with van der Waals surface area (Å²) in [5.74, 6) is 0.759. The summed E-state index contributed by atoms with van der Waals surface area (Å²) in [7, 11) is 1.50. The third-order valence-corrected chi connectivity index (χ3v) is 2.08. The lowest BCUT2D eigenvalue weighted by molar-refractivity contribution is 0.202. The maximum atomic E-state index is 11.0. The number of para-hydroxylation sites is 2. The van der Waals surface area contributed by atoms with Gasteiger partial charge in [-0.15, -0.1) is 11.6 Å². The highest BCUT2D eigenvalue weighted by Crippen LogP contribution is 2.27. The Hall–Kier alpha value is -1.42. The van der Waals surface area contributed by atoms with Crippen LogP contribution in [0.1, 0.15) is 0 Å². The lowest BCUT2D eigenvalue weighted by Gasteiger charge is -2.20. The standard InChI is InChI=1S/C10H12ClNO3/c1-15-9-5-3-2-4-8(9)12(7-6-11)10(13)14/h2-5H,6-7H2,1H3,(H,13,14). The fourth-order valence-corrected chi connectivity index (χ4v) is 1.43. The van der Waals surface area contributed by atoms with E-state index < -0.39 is 6.09 Å². The first-order valence-electron chi connectivity index (χ1n) is 4.40. The van der Waals surface area contributed by atoms with Gasteiger partial charge in [-0.25, -0.2) is 4.79 Å². The number of halogens is 1. The second kappa shape index (κ2) is 5.46. The van der Waals surface area contributed by atoms with Gasteiger partial charge in [-0.2, -0.15) is 0 Å². The molecule has 0 spiro atoms. The Labute approximate surface area is 93.0 Å². The number of hydrogen-bond donors (Lipinski definition) is 1. The fraction of sp³-hybridized carbons (Fsp3) is 0.300. The number of alkyl halides is 1. The molecular formula is C10H12ClNO3. The molecule has 0 aromatic heterocycles. The van der Waals surface area contributed by atoms with Crippen molar-refractivity contribution in [3.8, 4) is 5.75 Å². The lowest BCUT2D eigenvalue weighted by atomic mass is 10.2. The molecule has 1 N–H and O–H groups in total. The van der Waals surface area contributed by atoms with E-state index in [0.29, 0.717) is 11.4 Å². The van der Waals surface area contributed by atoms with Crippen LogP contribution in [0.2, 0.25) is 0 Å². The van der Waals surface area contributed by atoms with Crippen LogP contribution >= 0.6 is 11.6 Å². The molecule has 0 saturated carbocycles. The number of methoxy groups -OCH3 is 1. The number of hydrogen-bond acceptors (Lipinski definition) is 2. The van der Waals surface area contributed by atoms with Crippen molar-refractivity contribution >= 4 is 23.4 Å². The van der Waals surface area contributed by atoms with Crippen molar-refractivity contribution in [3.05, 3.63) is 24.3 Å². The van der Waals surface area contributed by atoms with Crippen molar-refractivity contribution in [2.75, 3.05) is 24.4 Å². The van der Waals surface area contributed by atoms with Crippen LogP contribution in [-0.2, 0) is 0 Å². The minimum Gasteiger partial charge on any atom is -0.495 e. The van der Waals surface area contributed by atoms with E-state index in [-0.39, 0.29) is 12.4 Å². The van der Waals surface area contributed by atoms with Crippen molar-refractivity contribution in [3.63, 3.8) is 0 Å². The summed E-state index contributed by atoms with van der Waals surface area (Å²) in [6.45, 7) is 0.233. The average molecular weight is 230 g/mol. The predicted molar refractivity (Wildman–Crippen MR) is 59.1 cm³/mol. The molecule has 1 aromatic carbocycles. The average Bonchev–Trinajstić information content (AvgIpc) is 2.25. The van der Waals surface area contributed by atoms with Crippen LogP contribution < -0.4 is 9.64 Å². The Kier molecular flexibility index (Phi) is 4.24. The van der Waals surface area contributed by atoms with Crippen molar-refractivity contribution in [2.24, 2.45) is 0 Å². The van der Waals surface area contributed by atoms with Crippen LogP contribution in [0, 0.1) is 0 Å². The molecule has 0 radical (unpaired) electrons. The first kappa shape index (κ1) is 11.7. The number of anilines is 1. The van der Waals surface area contributed by atoms with Crippen LogP contribution in [0.25, 0.3) is 0 Å². The topological polar surface area (TPSA) is 49.8 Å². The van der Waals surface area contributed by atoms with Gasteiger partial charge in [0.1, 0.15) is 5.75 Å².